The van der Waals surface area contributed by atoms with Crippen LogP contribution in [0.5, 0.6) is 0 Å². The van der Waals surface area contributed by atoms with Crippen LogP contribution in [0, 0.1) is 5.92 Å². The van der Waals surface area contributed by atoms with Crippen molar-refractivity contribution in [1.82, 2.24) is 5.32 Å². The van der Waals surface area contributed by atoms with Gasteiger partial charge in [0, 0.05) is 12.0 Å². The molecule has 0 unspecified atom stereocenters. The Bertz CT molecular complexity index is 404. The first-order valence-corrected chi connectivity index (χ1v) is 7.11. The second kappa shape index (κ2) is 6.85. The zero-order valence-electron chi connectivity index (χ0n) is 12.9. The number of carbonyl (C=O) groups is 1. The third kappa shape index (κ3) is 5.56. The van der Waals surface area contributed by atoms with Crippen LogP contribution < -0.4 is 5.32 Å². The van der Waals surface area contributed by atoms with Gasteiger partial charge >= 0.3 is 0 Å². The first-order valence-electron chi connectivity index (χ1n) is 7.11. The van der Waals surface area contributed by atoms with E-state index in [1.165, 1.54) is 11.1 Å². The third-order valence-corrected chi connectivity index (χ3v) is 3.32. The van der Waals surface area contributed by atoms with Crippen molar-refractivity contribution in [3.05, 3.63) is 35.4 Å². The summed E-state index contributed by atoms with van der Waals surface area (Å²) in [5, 5.41) is 3.22. The molecule has 1 rings (SSSR count). The Morgan fingerprint density at radius 3 is 2.26 bits per heavy atom. The summed E-state index contributed by atoms with van der Waals surface area (Å²) >= 11 is 0. The zero-order valence-corrected chi connectivity index (χ0v) is 12.9. The molecule has 106 valence electrons. The zero-order chi connectivity index (χ0) is 14.5. The maximum atomic E-state index is 11.0. The fourth-order valence-electron chi connectivity index (χ4n) is 2.22. The van der Waals surface area contributed by atoms with E-state index in [1.807, 2.05) is 0 Å². The molecule has 0 heterocycles. The van der Waals surface area contributed by atoms with Crippen molar-refractivity contribution in [2.75, 3.05) is 13.1 Å². The van der Waals surface area contributed by atoms with Crippen LogP contribution >= 0.6 is 0 Å². The van der Waals surface area contributed by atoms with Gasteiger partial charge in [-0.2, -0.15) is 0 Å². The van der Waals surface area contributed by atoms with E-state index in [1.54, 1.807) is 6.92 Å². The van der Waals surface area contributed by atoms with Gasteiger partial charge in [0.1, 0.15) is 5.78 Å². The number of Topliss-reactive ketones (excluding diaryl/α,β-unsaturated/α-hetero) is 1. The monoisotopic (exact) mass is 261 g/mol. The third-order valence-electron chi connectivity index (χ3n) is 3.32. The van der Waals surface area contributed by atoms with Gasteiger partial charge in [0.05, 0.1) is 6.54 Å². The molecule has 0 saturated heterocycles. The van der Waals surface area contributed by atoms with E-state index in [0.717, 1.165) is 13.0 Å². The van der Waals surface area contributed by atoms with Gasteiger partial charge in [-0.15, -0.1) is 0 Å². The Balaban J connectivity index is 2.64. The summed E-state index contributed by atoms with van der Waals surface area (Å²) < 4.78 is 0. The molecule has 1 N–H and O–H groups in total. The average molecular weight is 261 g/mol. The van der Waals surface area contributed by atoms with Crippen LogP contribution in [0.4, 0.5) is 0 Å². The lowest BCUT2D eigenvalue weighted by Gasteiger charge is -2.26. The minimum Gasteiger partial charge on any atom is -0.309 e. The van der Waals surface area contributed by atoms with E-state index in [9.17, 15) is 4.79 Å². The van der Waals surface area contributed by atoms with Crippen LogP contribution in [0.15, 0.2) is 24.3 Å². The Morgan fingerprint density at radius 1 is 1.21 bits per heavy atom. The van der Waals surface area contributed by atoms with Gasteiger partial charge in [-0.05, 0) is 30.4 Å². The Hall–Kier alpha value is -1.15. The van der Waals surface area contributed by atoms with Crippen molar-refractivity contribution in [1.29, 1.82) is 0 Å². The quantitative estimate of drug-likeness (QED) is 0.815. The van der Waals surface area contributed by atoms with E-state index < -0.39 is 0 Å². The molecule has 0 spiro atoms. The molecule has 19 heavy (non-hydrogen) atoms. The second-order valence-corrected chi connectivity index (χ2v) is 6.48. The molecule has 0 radical (unpaired) electrons. The van der Waals surface area contributed by atoms with Gasteiger partial charge in [0.25, 0.3) is 0 Å². The summed E-state index contributed by atoms with van der Waals surface area (Å²) in [5.41, 5.74) is 2.76. The van der Waals surface area contributed by atoms with Crippen molar-refractivity contribution in [2.45, 2.75) is 46.5 Å². The summed E-state index contributed by atoms with van der Waals surface area (Å²) in [5.74, 6) is 0.874. The van der Waals surface area contributed by atoms with Gasteiger partial charge in [-0.3, -0.25) is 4.79 Å². The van der Waals surface area contributed by atoms with Crippen LogP contribution in [0.2, 0.25) is 0 Å². The standard InChI is InChI=1S/C17H27NO/c1-13(2)10-15-6-8-16(9-7-15)17(4,5)12-18-11-14(3)19/h6-9,13,18H,10-12H2,1-5H3. The van der Waals surface area contributed by atoms with E-state index in [-0.39, 0.29) is 11.2 Å². The number of nitrogens with one attached hydrogen (secondary N) is 1. The molecule has 0 fully saturated rings. The molecule has 0 saturated carbocycles. The van der Waals surface area contributed by atoms with Gasteiger partial charge in [0.2, 0.25) is 0 Å². The van der Waals surface area contributed by atoms with E-state index in [2.05, 4.69) is 57.3 Å². The number of hydrogen-bond acceptors (Lipinski definition) is 2. The first-order chi connectivity index (χ1) is 8.81. The highest BCUT2D eigenvalue weighted by Gasteiger charge is 2.20. The first kappa shape index (κ1) is 15.9. The largest absolute Gasteiger partial charge is 0.309 e. The topological polar surface area (TPSA) is 29.1 Å². The fraction of sp³-hybridized carbons (Fsp3) is 0.588. The molecule has 0 bridgehead atoms. The normalized spacial score (nSPS) is 11.9. The second-order valence-electron chi connectivity index (χ2n) is 6.48. The molecular weight excluding hydrogens is 234 g/mol. The highest BCUT2D eigenvalue weighted by Crippen LogP contribution is 2.23. The summed E-state index contributed by atoms with van der Waals surface area (Å²) in [6.45, 7) is 11.8. The Morgan fingerprint density at radius 2 is 1.79 bits per heavy atom. The molecule has 0 aliphatic carbocycles. The van der Waals surface area contributed by atoms with Crippen molar-refractivity contribution < 1.29 is 4.79 Å². The minimum absolute atomic E-state index is 0.0474. The SMILES string of the molecule is CC(=O)CNCC(C)(C)c1ccc(CC(C)C)cc1. The lowest BCUT2D eigenvalue weighted by Crippen LogP contribution is -2.35. The van der Waals surface area contributed by atoms with Crippen LogP contribution in [0.25, 0.3) is 0 Å². The maximum absolute atomic E-state index is 11.0. The van der Waals surface area contributed by atoms with Crippen LogP contribution in [0.3, 0.4) is 0 Å². The van der Waals surface area contributed by atoms with Crippen LogP contribution in [-0.2, 0) is 16.6 Å². The minimum atomic E-state index is 0.0474. The lowest BCUT2D eigenvalue weighted by atomic mass is 9.84. The molecule has 1 aromatic carbocycles. The van der Waals surface area contributed by atoms with Crippen molar-refractivity contribution in [3.63, 3.8) is 0 Å². The highest BCUT2D eigenvalue weighted by atomic mass is 16.1. The molecule has 0 aliphatic heterocycles. The summed E-state index contributed by atoms with van der Waals surface area (Å²) in [6, 6.07) is 8.88. The number of rotatable bonds is 7. The smallest absolute Gasteiger partial charge is 0.143 e. The van der Waals surface area contributed by atoms with Gasteiger partial charge in [0.15, 0.2) is 0 Å². The average Bonchev–Trinajstić information content (AvgIpc) is 2.28. The molecule has 2 nitrogen and oxygen atoms in total. The van der Waals surface area contributed by atoms with Gasteiger partial charge in [-0.1, -0.05) is 52.0 Å². The Kier molecular flexibility index (Phi) is 5.74. The number of ketones is 1. The summed E-state index contributed by atoms with van der Waals surface area (Å²) in [6.07, 6.45) is 1.13. The van der Waals surface area contributed by atoms with Gasteiger partial charge in [-0.25, -0.2) is 0 Å². The molecule has 0 aliphatic rings. The maximum Gasteiger partial charge on any atom is 0.143 e. The van der Waals surface area contributed by atoms with E-state index in [0.29, 0.717) is 12.5 Å². The van der Waals surface area contributed by atoms with E-state index in [4.69, 9.17) is 0 Å². The van der Waals surface area contributed by atoms with Crippen LogP contribution in [0.1, 0.15) is 45.7 Å². The molecular formula is C17H27NO. The lowest BCUT2D eigenvalue weighted by molar-refractivity contribution is -0.116. The van der Waals surface area contributed by atoms with Crippen LogP contribution in [-0.4, -0.2) is 18.9 Å². The van der Waals surface area contributed by atoms with Crippen molar-refractivity contribution in [2.24, 2.45) is 5.92 Å². The van der Waals surface area contributed by atoms with Gasteiger partial charge < -0.3 is 5.32 Å². The highest BCUT2D eigenvalue weighted by molar-refractivity contribution is 5.77. The molecule has 2 heteroatoms. The molecule has 0 atom stereocenters. The van der Waals surface area contributed by atoms with Crippen molar-refractivity contribution in [3.8, 4) is 0 Å². The van der Waals surface area contributed by atoms with Crippen molar-refractivity contribution >= 4 is 5.78 Å². The number of hydrogen-bond donors (Lipinski definition) is 1. The Labute approximate surface area is 117 Å². The summed E-state index contributed by atoms with van der Waals surface area (Å²) in [4.78, 5) is 11.0. The fourth-order valence-corrected chi connectivity index (χ4v) is 2.22. The number of benzene rings is 1. The molecule has 1 aromatic rings. The summed E-state index contributed by atoms with van der Waals surface area (Å²) in [7, 11) is 0. The van der Waals surface area contributed by atoms with E-state index >= 15 is 0 Å². The predicted octanol–water partition coefficient (Wildman–Crippen LogP) is 3.34. The number of carbonyl (C=O) groups excluding carboxylic acids is 1. The predicted molar refractivity (Wildman–Crippen MR) is 81.6 cm³/mol. The molecule has 0 aromatic heterocycles. The molecule has 0 amide bonds.